The lowest BCUT2D eigenvalue weighted by molar-refractivity contribution is 0.0691. The first kappa shape index (κ1) is 16.9. The Bertz CT molecular complexity index is 890. The van der Waals surface area contributed by atoms with Crippen LogP contribution in [0.3, 0.4) is 0 Å². The Morgan fingerprint density at radius 3 is 2.40 bits per heavy atom. The fourth-order valence-electron chi connectivity index (χ4n) is 2.41. The van der Waals surface area contributed by atoms with Crippen molar-refractivity contribution >= 4 is 23.2 Å². The molecule has 0 unspecified atom stereocenters. The summed E-state index contributed by atoms with van der Waals surface area (Å²) in [6.07, 6.45) is 0.596. The topological polar surface area (TPSA) is 79.3 Å². The minimum Gasteiger partial charge on any atom is -0.478 e. The molecule has 5 nitrogen and oxygen atoms in total. The highest BCUT2D eigenvalue weighted by Crippen LogP contribution is 2.21. The summed E-state index contributed by atoms with van der Waals surface area (Å²) in [5.41, 5.74) is 2.15. The number of carbonyl (C=O) groups is 2. The molecular formula is C19H16N2O3S. The average molecular weight is 352 g/mol. The molecule has 1 amide bonds. The van der Waals surface area contributed by atoms with E-state index in [0.29, 0.717) is 13.0 Å². The molecule has 0 radical (unpaired) electrons. The molecule has 0 spiro atoms. The number of carboxylic acid groups (broad SMARTS) is 1. The van der Waals surface area contributed by atoms with E-state index in [4.69, 9.17) is 5.11 Å². The van der Waals surface area contributed by atoms with Gasteiger partial charge in [0.25, 0.3) is 5.91 Å². The zero-order valence-corrected chi connectivity index (χ0v) is 14.1. The standard InChI is InChI=1S/C19H16N2O3S/c22-18(14-8-4-5-9-15(14)19(23)24)20-11-10-17-21-16(12-25-17)13-6-2-1-3-7-13/h1-9,12H,10-11H2,(H,20,22)(H,23,24). The van der Waals surface area contributed by atoms with E-state index in [9.17, 15) is 9.59 Å². The second kappa shape index (κ2) is 7.72. The van der Waals surface area contributed by atoms with Crippen molar-refractivity contribution in [3.05, 3.63) is 76.1 Å². The third-order valence-electron chi connectivity index (χ3n) is 3.65. The van der Waals surface area contributed by atoms with Gasteiger partial charge in [-0.25, -0.2) is 9.78 Å². The second-order valence-electron chi connectivity index (χ2n) is 5.35. The van der Waals surface area contributed by atoms with Gasteiger partial charge in [0.2, 0.25) is 0 Å². The monoisotopic (exact) mass is 352 g/mol. The minimum atomic E-state index is -1.11. The van der Waals surface area contributed by atoms with E-state index in [1.165, 1.54) is 12.1 Å². The molecule has 3 aromatic rings. The molecule has 0 aliphatic heterocycles. The molecule has 0 bridgehead atoms. The van der Waals surface area contributed by atoms with E-state index in [2.05, 4.69) is 10.3 Å². The SMILES string of the molecule is O=C(O)c1ccccc1C(=O)NCCc1nc(-c2ccccc2)cs1. The summed E-state index contributed by atoms with van der Waals surface area (Å²) in [4.78, 5) is 27.9. The first-order valence-corrected chi connectivity index (χ1v) is 8.63. The Morgan fingerprint density at radius 1 is 1.00 bits per heavy atom. The lowest BCUT2D eigenvalue weighted by Crippen LogP contribution is -2.27. The van der Waals surface area contributed by atoms with Crippen LogP contribution >= 0.6 is 11.3 Å². The predicted molar refractivity (Wildman–Crippen MR) is 97.0 cm³/mol. The molecule has 1 aromatic heterocycles. The summed E-state index contributed by atoms with van der Waals surface area (Å²) in [6, 6.07) is 16.1. The van der Waals surface area contributed by atoms with Crippen LogP contribution in [0.2, 0.25) is 0 Å². The number of benzene rings is 2. The van der Waals surface area contributed by atoms with Gasteiger partial charge in [0.1, 0.15) is 0 Å². The van der Waals surface area contributed by atoms with Gasteiger partial charge in [-0.15, -0.1) is 11.3 Å². The summed E-state index contributed by atoms with van der Waals surface area (Å²) < 4.78 is 0. The number of hydrogen-bond acceptors (Lipinski definition) is 4. The van der Waals surface area contributed by atoms with Crippen LogP contribution < -0.4 is 5.32 Å². The lowest BCUT2D eigenvalue weighted by Gasteiger charge is -2.06. The molecule has 0 aliphatic carbocycles. The largest absolute Gasteiger partial charge is 0.478 e. The molecule has 0 aliphatic rings. The third-order valence-corrected chi connectivity index (χ3v) is 4.56. The highest BCUT2D eigenvalue weighted by molar-refractivity contribution is 7.09. The van der Waals surface area contributed by atoms with Gasteiger partial charge in [0.05, 0.1) is 21.8 Å². The first-order valence-electron chi connectivity index (χ1n) is 7.75. The van der Waals surface area contributed by atoms with E-state index < -0.39 is 11.9 Å². The van der Waals surface area contributed by atoms with Gasteiger partial charge < -0.3 is 10.4 Å². The predicted octanol–water partition coefficient (Wildman–Crippen LogP) is 3.48. The van der Waals surface area contributed by atoms with Gasteiger partial charge >= 0.3 is 5.97 Å². The van der Waals surface area contributed by atoms with Crippen molar-refractivity contribution in [1.29, 1.82) is 0 Å². The molecule has 2 aromatic carbocycles. The number of rotatable bonds is 6. The number of nitrogens with one attached hydrogen (secondary N) is 1. The zero-order chi connectivity index (χ0) is 17.6. The number of carbonyl (C=O) groups excluding carboxylic acids is 1. The number of aromatic nitrogens is 1. The van der Waals surface area contributed by atoms with Crippen molar-refractivity contribution in [3.63, 3.8) is 0 Å². The van der Waals surface area contributed by atoms with Crippen LogP contribution in [-0.2, 0) is 6.42 Å². The molecule has 2 N–H and O–H groups in total. The van der Waals surface area contributed by atoms with Crippen molar-refractivity contribution in [2.75, 3.05) is 6.54 Å². The van der Waals surface area contributed by atoms with Gasteiger partial charge in [-0.05, 0) is 12.1 Å². The Balaban J connectivity index is 1.60. The van der Waals surface area contributed by atoms with E-state index >= 15 is 0 Å². The first-order chi connectivity index (χ1) is 12.1. The molecule has 0 atom stereocenters. The highest BCUT2D eigenvalue weighted by Gasteiger charge is 2.15. The van der Waals surface area contributed by atoms with E-state index in [1.807, 2.05) is 35.7 Å². The van der Waals surface area contributed by atoms with Crippen LogP contribution in [0.25, 0.3) is 11.3 Å². The summed E-state index contributed by atoms with van der Waals surface area (Å²) in [7, 11) is 0. The lowest BCUT2D eigenvalue weighted by atomic mass is 10.1. The molecular weight excluding hydrogens is 336 g/mol. The molecule has 3 rings (SSSR count). The van der Waals surface area contributed by atoms with Gasteiger partial charge in [-0.2, -0.15) is 0 Å². The molecule has 1 heterocycles. The molecule has 25 heavy (non-hydrogen) atoms. The smallest absolute Gasteiger partial charge is 0.336 e. The maximum absolute atomic E-state index is 12.2. The van der Waals surface area contributed by atoms with Crippen molar-refractivity contribution < 1.29 is 14.7 Å². The fourth-order valence-corrected chi connectivity index (χ4v) is 3.22. The number of carboxylic acids is 1. The Kier molecular flexibility index (Phi) is 5.20. The maximum Gasteiger partial charge on any atom is 0.336 e. The van der Waals surface area contributed by atoms with E-state index in [-0.39, 0.29) is 11.1 Å². The molecule has 0 saturated heterocycles. The number of aromatic carboxylic acids is 1. The Hall–Kier alpha value is -2.99. The summed E-state index contributed by atoms with van der Waals surface area (Å²) in [5, 5.41) is 14.8. The summed E-state index contributed by atoms with van der Waals surface area (Å²) in [6.45, 7) is 0.397. The van der Waals surface area contributed by atoms with Crippen LogP contribution in [0.4, 0.5) is 0 Å². The zero-order valence-electron chi connectivity index (χ0n) is 13.3. The van der Waals surface area contributed by atoms with E-state index in [0.717, 1.165) is 16.3 Å². The highest BCUT2D eigenvalue weighted by atomic mass is 32.1. The average Bonchev–Trinajstić information content (AvgIpc) is 3.11. The van der Waals surface area contributed by atoms with Crippen molar-refractivity contribution in [3.8, 4) is 11.3 Å². The number of amides is 1. The number of nitrogens with zero attached hydrogens (tertiary/aromatic N) is 1. The maximum atomic E-state index is 12.2. The van der Waals surface area contributed by atoms with Crippen LogP contribution in [0.5, 0.6) is 0 Å². The van der Waals surface area contributed by atoms with Gasteiger partial charge in [-0.1, -0.05) is 42.5 Å². The molecule has 6 heteroatoms. The molecule has 126 valence electrons. The summed E-state index contributed by atoms with van der Waals surface area (Å²) in [5.74, 6) is -1.50. The third kappa shape index (κ3) is 4.10. The molecule has 0 saturated carbocycles. The van der Waals surface area contributed by atoms with E-state index in [1.54, 1.807) is 23.5 Å². The van der Waals surface area contributed by atoms with Crippen LogP contribution in [0.1, 0.15) is 25.7 Å². The van der Waals surface area contributed by atoms with Crippen LogP contribution in [0, 0.1) is 0 Å². The Labute approximate surface area is 149 Å². The number of thiazole rings is 1. The van der Waals surface area contributed by atoms with Crippen molar-refractivity contribution in [2.24, 2.45) is 0 Å². The second-order valence-corrected chi connectivity index (χ2v) is 6.29. The fraction of sp³-hybridized carbons (Fsp3) is 0.105. The normalized spacial score (nSPS) is 10.4. The van der Waals surface area contributed by atoms with Crippen molar-refractivity contribution in [2.45, 2.75) is 6.42 Å². The Morgan fingerprint density at radius 2 is 1.68 bits per heavy atom. The quantitative estimate of drug-likeness (QED) is 0.712. The van der Waals surface area contributed by atoms with Gasteiger partial charge in [-0.3, -0.25) is 4.79 Å². The van der Waals surface area contributed by atoms with Crippen LogP contribution in [0.15, 0.2) is 60.0 Å². The minimum absolute atomic E-state index is 0.000567. The van der Waals surface area contributed by atoms with Crippen LogP contribution in [-0.4, -0.2) is 28.5 Å². The number of hydrogen-bond donors (Lipinski definition) is 2. The molecule has 0 fully saturated rings. The van der Waals surface area contributed by atoms with Crippen molar-refractivity contribution in [1.82, 2.24) is 10.3 Å². The van der Waals surface area contributed by atoms with Gasteiger partial charge in [0, 0.05) is 23.9 Å². The van der Waals surface area contributed by atoms with Gasteiger partial charge in [0.15, 0.2) is 0 Å². The summed E-state index contributed by atoms with van der Waals surface area (Å²) >= 11 is 1.54.